The average Bonchev–Trinajstić information content (AvgIpc) is 3.15. The molecule has 0 spiro atoms. The Kier molecular flexibility index (Phi) is 11.3. The van der Waals surface area contributed by atoms with Gasteiger partial charge in [-0.2, -0.15) is 0 Å². The number of guanidine groups is 1. The van der Waals surface area contributed by atoms with Crippen LogP contribution in [0.4, 0.5) is 0 Å². The van der Waals surface area contributed by atoms with Crippen LogP contribution in [0.15, 0.2) is 35.3 Å². The van der Waals surface area contributed by atoms with Gasteiger partial charge < -0.3 is 15.5 Å². The number of hydrogen-bond acceptors (Lipinski definition) is 3. The van der Waals surface area contributed by atoms with Crippen LogP contribution in [0.1, 0.15) is 44.6 Å². The van der Waals surface area contributed by atoms with Gasteiger partial charge in [0, 0.05) is 25.7 Å². The van der Waals surface area contributed by atoms with Gasteiger partial charge in [0.25, 0.3) is 0 Å². The van der Waals surface area contributed by atoms with E-state index in [1.165, 1.54) is 57.3 Å². The van der Waals surface area contributed by atoms with Crippen molar-refractivity contribution < 1.29 is 0 Å². The van der Waals surface area contributed by atoms with Gasteiger partial charge in [-0.1, -0.05) is 30.3 Å². The summed E-state index contributed by atoms with van der Waals surface area (Å²) in [5.41, 5.74) is 1.40. The molecule has 1 aromatic rings. The molecule has 2 aliphatic heterocycles. The molecule has 2 heterocycles. The summed E-state index contributed by atoms with van der Waals surface area (Å²) in [6, 6.07) is 11.4. The fraction of sp³-hybridized carbons (Fsp3) is 0.696. The lowest BCUT2D eigenvalue weighted by Gasteiger charge is -2.29. The number of benzene rings is 1. The van der Waals surface area contributed by atoms with E-state index in [0.29, 0.717) is 6.04 Å². The normalized spacial score (nSPS) is 21.7. The Balaban J connectivity index is 0.00000300. The zero-order valence-electron chi connectivity index (χ0n) is 18.3. The topological polar surface area (TPSA) is 42.9 Å². The smallest absolute Gasteiger partial charge is 0.191 e. The molecule has 3 rings (SSSR count). The van der Waals surface area contributed by atoms with Crippen molar-refractivity contribution in [3.8, 4) is 0 Å². The van der Waals surface area contributed by atoms with E-state index in [4.69, 9.17) is 4.99 Å². The predicted octanol–water partition coefficient (Wildman–Crippen LogP) is 3.56. The highest BCUT2D eigenvalue weighted by atomic mass is 127. The first kappa shape index (κ1) is 24.4. The van der Waals surface area contributed by atoms with Crippen LogP contribution in [0, 0.1) is 5.92 Å². The Morgan fingerprint density at radius 1 is 1.07 bits per heavy atom. The monoisotopic (exact) mass is 513 g/mol. The van der Waals surface area contributed by atoms with Gasteiger partial charge in [0.05, 0.1) is 6.54 Å². The van der Waals surface area contributed by atoms with Crippen molar-refractivity contribution in [3.63, 3.8) is 0 Å². The van der Waals surface area contributed by atoms with Crippen LogP contribution in [-0.4, -0.2) is 68.1 Å². The predicted molar refractivity (Wildman–Crippen MR) is 134 cm³/mol. The Morgan fingerprint density at radius 2 is 1.83 bits per heavy atom. The maximum atomic E-state index is 4.93. The third kappa shape index (κ3) is 8.42. The first-order valence-electron chi connectivity index (χ1n) is 11.2. The largest absolute Gasteiger partial charge is 0.357 e. The standard InChI is InChI=1S/C23H39N5.HI/c1-3-24-23(25-14-11-20-12-16-27(2)17-13-20)26-18-22-10-7-15-28(22)19-21-8-5-4-6-9-21;/h4-6,8-9,20,22H,3,7,10-19H2,1-2H3,(H2,24,25,26);1H. The summed E-state index contributed by atoms with van der Waals surface area (Å²) in [5.74, 6) is 1.85. The fourth-order valence-corrected chi connectivity index (χ4v) is 4.41. The molecule has 5 nitrogen and oxygen atoms in total. The molecule has 29 heavy (non-hydrogen) atoms. The minimum Gasteiger partial charge on any atom is -0.357 e. The first-order chi connectivity index (χ1) is 13.7. The van der Waals surface area contributed by atoms with Crippen LogP contribution in [-0.2, 0) is 6.54 Å². The van der Waals surface area contributed by atoms with Gasteiger partial charge in [-0.3, -0.25) is 9.89 Å². The molecular weight excluding hydrogens is 473 g/mol. The van der Waals surface area contributed by atoms with Crippen molar-refractivity contribution >= 4 is 29.9 Å². The Hall–Kier alpha value is -0.860. The van der Waals surface area contributed by atoms with Crippen molar-refractivity contribution in [2.75, 3.05) is 46.3 Å². The minimum atomic E-state index is 0. The molecule has 2 fully saturated rings. The van der Waals surface area contributed by atoms with Gasteiger partial charge in [-0.15, -0.1) is 24.0 Å². The molecule has 0 radical (unpaired) electrons. The number of halogens is 1. The fourth-order valence-electron chi connectivity index (χ4n) is 4.41. The van der Waals surface area contributed by atoms with Crippen molar-refractivity contribution in [1.29, 1.82) is 0 Å². The van der Waals surface area contributed by atoms with Crippen molar-refractivity contribution in [3.05, 3.63) is 35.9 Å². The van der Waals surface area contributed by atoms with E-state index >= 15 is 0 Å². The summed E-state index contributed by atoms with van der Waals surface area (Å²) in [5, 5.41) is 7.00. The first-order valence-corrected chi connectivity index (χ1v) is 11.2. The molecule has 0 bridgehead atoms. The molecular formula is C23H40IN5. The lowest BCUT2D eigenvalue weighted by molar-refractivity contribution is 0.213. The van der Waals surface area contributed by atoms with Gasteiger partial charge in [0.15, 0.2) is 5.96 Å². The van der Waals surface area contributed by atoms with Crippen LogP contribution in [0.2, 0.25) is 0 Å². The molecule has 2 saturated heterocycles. The quantitative estimate of drug-likeness (QED) is 0.317. The van der Waals surface area contributed by atoms with Crippen LogP contribution in [0.5, 0.6) is 0 Å². The van der Waals surface area contributed by atoms with E-state index in [2.05, 4.69) is 64.7 Å². The maximum Gasteiger partial charge on any atom is 0.191 e. The maximum absolute atomic E-state index is 4.93. The third-order valence-corrected chi connectivity index (χ3v) is 6.22. The van der Waals surface area contributed by atoms with Gasteiger partial charge in [0.2, 0.25) is 0 Å². The highest BCUT2D eigenvalue weighted by Crippen LogP contribution is 2.20. The SMILES string of the molecule is CCNC(=NCC1CCCN1Cc1ccccc1)NCCC1CCN(C)CC1.I. The molecule has 1 unspecified atom stereocenters. The Bertz CT molecular complexity index is 586. The van der Waals surface area contributed by atoms with E-state index in [-0.39, 0.29) is 24.0 Å². The van der Waals surface area contributed by atoms with Crippen molar-refractivity contribution in [2.45, 2.75) is 51.6 Å². The van der Waals surface area contributed by atoms with E-state index in [1.807, 2.05) is 0 Å². The van der Waals surface area contributed by atoms with Gasteiger partial charge >= 0.3 is 0 Å². The summed E-state index contributed by atoms with van der Waals surface area (Å²) in [7, 11) is 2.23. The molecule has 0 saturated carbocycles. The van der Waals surface area contributed by atoms with Crippen molar-refractivity contribution in [1.82, 2.24) is 20.4 Å². The summed E-state index contributed by atoms with van der Waals surface area (Å²) in [6.45, 7) is 9.70. The number of hydrogen-bond donors (Lipinski definition) is 2. The Labute approximate surface area is 194 Å². The number of aliphatic imine (C=N–C) groups is 1. The zero-order chi connectivity index (χ0) is 19.6. The van der Waals surface area contributed by atoms with E-state index < -0.39 is 0 Å². The molecule has 0 aliphatic carbocycles. The molecule has 164 valence electrons. The summed E-state index contributed by atoms with van der Waals surface area (Å²) in [6.07, 6.45) is 6.46. The average molecular weight is 514 g/mol. The van der Waals surface area contributed by atoms with Crippen LogP contribution < -0.4 is 10.6 Å². The number of piperidine rings is 1. The highest BCUT2D eigenvalue weighted by Gasteiger charge is 2.24. The summed E-state index contributed by atoms with van der Waals surface area (Å²) >= 11 is 0. The van der Waals surface area contributed by atoms with Crippen molar-refractivity contribution in [2.24, 2.45) is 10.9 Å². The third-order valence-electron chi connectivity index (χ3n) is 6.22. The molecule has 2 N–H and O–H groups in total. The van der Waals surface area contributed by atoms with E-state index in [0.717, 1.165) is 38.1 Å². The second-order valence-corrected chi connectivity index (χ2v) is 8.43. The number of likely N-dealkylation sites (tertiary alicyclic amines) is 2. The molecule has 0 aromatic heterocycles. The molecule has 1 aromatic carbocycles. The number of nitrogens with zero attached hydrogens (tertiary/aromatic N) is 3. The van der Waals surface area contributed by atoms with E-state index in [1.54, 1.807) is 0 Å². The van der Waals surface area contributed by atoms with Crippen LogP contribution in [0.25, 0.3) is 0 Å². The second-order valence-electron chi connectivity index (χ2n) is 8.43. The second kappa shape index (κ2) is 13.4. The molecule has 6 heteroatoms. The molecule has 0 amide bonds. The zero-order valence-corrected chi connectivity index (χ0v) is 20.6. The highest BCUT2D eigenvalue weighted by molar-refractivity contribution is 14.0. The van der Waals surface area contributed by atoms with Gasteiger partial charge in [0.1, 0.15) is 0 Å². The van der Waals surface area contributed by atoms with Crippen LogP contribution >= 0.6 is 24.0 Å². The lowest BCUT2D eigenvalue weighted by Crippen LogP contribution is -2.40. The lowest BCUT2D eigenvalue weighted by atomic mass is 9.94. The Morgan fingerprint density at radius 3 is 2.55 bits per heavy atom. The van der Waals surface area contributed by atoms with Gasteiger partial charge in [-0.25, -0.2) is 0 Å². The minimum absolute atomic E-state index is 0. The van der Waals surface area contributed by atoms with E-state index in [9.17, 15) is 0 Å². The summed E-state index contributed by atoms with van der Waals surface area (Å²) in [4.78, 5) is 9.97. The molecule has 2 aliphatic rings. The summed E-state index contributed by atoms with van der Waals surface area (Å²) < 4.78 is 0. The van der Waals surface area contributed by atoms with Gasteiger partial charge in [-0.05, 0) is 77.2 Å². The number of rotatable bonds is 8. The molecule has 1 atom stereocenters. The van der Waals surface area contributed by atoms with Crippen LogP contribution in [0.3, 0.4) is 0 Å². The number of nitrogens with one attached hydrogen (secondary N) is 2.